The van der Waals surface area contributed by atoms with E-state index < -0.39 is 6.04 Å². The zero-order valence-electron chi connectivity index (χ0n) is 9.82. The third-order valence-corrected chi connectivity index (χ3v) is 2.13. The molecule has 0 saturated carbocycles. The van der Waals surface area contributed by atoms with E-state index in [0.717, 1.165) is 0 Å². The van der Waals surface area contributed by atoms with Crippen molar-refractivity contribution in [1.29, 1.82) is 0 Å². The van der Waals surface area contributed by atoms with E-state index in [2.05, 4.69) is 6.58 Å². The molecular formula is C11H19NO3. The van der Waals surface area contributed by atoms with E-state index in [4.69, 9.17) is 4.74 Å². The van der Waals surface area contributed by atoms with Crippen LogP contribution >= 0.6 is 0 Å². The Balaban J connectivity index is 4.58. The smallest absolute Gasteiger partial charge is 0.329 e. The van der Waals surface area contributed by atoms with Crippen molar-refractivity contribution < 1.29 is 14.3 Å². The molecule has 0 aromatic rings. The van der Waals surface area contributed by atoms with Gasteiger partial charge in [0.05, 0.1) is 0 Å². The molecule has 0 radical (unpaired) electrons. The van der Waals surface area contributed by atoms with E-state index in [-0.39, 0.29) is 24.4 Å². The van der Waals surface area contributed by atoms with E-state index in [9.17, 15) is 9.59 Å². The molecular weight excluding hydrogens is 194 g/mol. The van der Waals surface area contributed by atoms with E-state index in [0.29, 0.717) is 0 Å². The molecule has 0 spiro atoms. The number of hydrogen-bond donors (Lipinski definition) is 0. The molecule has 0 aromatic heterocycles. The number of hydrogen-bond acceptors (Lipinski definition) is 3. The summed E-state index contributed by atoms with van der Waals surface area (Å²) in [6, 6.07) is -0.526. The highest BCUT2D eigenvalue weighted by atomic mass is 16.5. The second kappa shape index (κ2) is 6.22. The van der Waals surface area contributed by atoms with Crippen molar-refractivity contribution in [3.05, 3.63) is 12.7 Å². The lowest BCUT2D eigenvalue weighted by molar-refractivity contribution is -0.154. The van der Waals surface area contributed by atoms with Gasteiger partial charge in [0, 0.05) is 14.0 Å². The van der Waals surface area contributed by atoms with Gasteiger partial charge in [-0.05, 0) is 5.92 Å². The average Bonchev–Trinajstić information content (AvgIpc) is 2.14. The molecule has 1 unspecified atom stereocenters. The summed E-state index contributed by atoms with van der Waals surface area (Å²) >= 11 is 0. The molecule has 0 aromatic carbocycles. The standard InChI is InChI=1S/C11H19NO3/c1-6-7-15-11(14)10(8(2)3)12(5)9(4)13/h6,8,10H,1,7H2,2-5H3. The van der Waals surface area contributed by atoms with Gasteiger partial charge in [0.1, 0.15) is 12.6 Å². The summed E-state index contributed by atoms with van der Waals surface area (Å²) < 4.78 is 4.94. The van der Waals surface area contributed by atoms with Gasteiger partial charge >= 0.3 is 5.97 Å². The largest absolute Gasteiger partial charge is 0.460 e. The van der Waals surface area contributed by atoms with Crippen molar-refractivity contribution in [1.82, 2.24) is 4.90 Å². The van der Waals surface area contributed by atoms with E-state index >= 15 is 0 Å². The Kier molecular flexibility index (Phi) is 5.67. The fraction of sp³-hybridized carbons (Fsp3) is 0.636. The molecule has 86 valence electrons. The first-order chi connectivity index (χ1) is 6.91. The minimum absolute atomic E-state index is 0.0243. The van der Waals surface area contributed by atoms with Gasteiger partial charge in [-0.3, -0.25) is 4.79 Å². The Bertz CT molecular complexity index is 248. The van der Waals surface area contributed by atoms with Crippen molar-refractivity contribution >= 4 is 11.9 Å². The highest BCUT2D eigenvalue weighted by Crippen LogP contribution is 2.11. The summed E-state index contributed by atoms with van der Waals surface area (Å²) in [6.45, 7) is 8.81. The number of nitrogens with zero attached hydrogens (tertiary/aromatic N) is 1. The molecule has 0 saturated heterocycles. The number of ether oxygens (including phenoxy) is 1. The average molecular weight is 213 g/mol. The number of rotatable bonds is 5. The predicted molar refractivity (Wildman–Crippen MR) is 58.2 cm³/mol. The molecule has 0 aliphatic rings. The fourth-order valence-electron chi connectivity index (χ4n) is 1.30. The normalized spacial score (nSPS) is 12.1. The lowest BCUT2D eigenvalue weighted by Crippen LogP contribution is -2.45. The molecule has 0 fully saturated rings. The van der Waals surface area contributed by atoms with E-state index in [1.54, 1.807) is 7.05 Å². The van der Waals surface area contributed by atoms with Crippen LogP contribution in [-0.2, 0) is 14.3 Å². The maximum atomic E-state index is 11.6. The second-order valence-electron chi connectivity index (χ2n) is 3.74. The van der Waals surface area contributed by atoms with Gasteiger partial charge < -0.3 is 9.64 Å². The number of esters is 1. The van der Waals surface area contributed by atoms with Crippen LogP contribution in [0.15, 0.2) is 12.7 Å². The molecule has 1 atom stereocenters. The second-order valence-corrected chi connectivity index (χ2v) is 3.74. The van der Waals surface area contributed by atoms with Crippen LogP contribution in [0.3, 0.4) is 0 Å². The summed E-state index contributed by atoms with van der Waals surface area (Å²) in [5.41, 5.74) is 0. The maximum Gasteiger partial charge on any atom is 0.329 e. The molecule has 0 aliphatic heterocycles. The zero-order chi connectivity index (χ0) is 12.0. The van der Waals surface area contributed by atoms with Gasteiger partial charge in [0.25, 0.3) is 0 Å². The van der Waals surface area contributed by atoms with Crippen molar-refractivity contribution in [2.45, 2.75) is 26.8 Å². The Hall–Kier alpha value is -1.32. The monoisotopic (exact) mass is 213 g/mol. The van der Waals surface area contributed by atoms with Gasteiger partial charge in [-0.1, -0.05) is 26.5 Å². The van der Waals surface area contributed by atoms with Gasteiger partial charge in [-0.2, -0.15) is 0 Å². The first-order valence-corrected chi connectivity index (χ1v) is 4.92. The third kappa shape index (κ3) is 4.14. The van der Waals surface area contributed by atoms with Crippen LogP contribution in [0, 0.1) is 5.92 Å². The summed E-state index contributed by atoms with van der Waals surface area (Å²) in [6.07, 6.45) is 1.50. The number of likely N-dealkylation sites (N-methyl/N-ethyl adjacent to an activating group) is 1. The highest BCUT2D eigenvalue weighted by molar-refractivity contribution is 5.83. The van der Waals surface area contributed by atoms with Gasteiger partial charge in [-0.15, -0.1) is 0 Å². The van der Waals surface area contributed by atoms with Gasteiger partial charge in [0.2, 0.25) is 5.91 Å². The van der Waals surface area contributed by atoms with Crippen molar-refractivity contribution in [3.8, 4) is 0 Å². The fourth-order valence-corrected chi connectivity index (χ4v) is 1.30. The summed E-state index contributed by atoms with van der Waals surface area (Å²) in [4.78, 5) is 24.2. The molecule has 0 bridgehead atoms. The summed E-state index contributed by atoms with van der Waals surface area (Å²) in [7, 11) is 1.60. The molecule has 1 amide bonds. The van der Waals surface area contributed by atoms with Crippen molar-refractivity contribution in [3.63, 3.8) is 0 Å². The van der Waals surface area contributed by atoms with Gasteiger partial charge in [0.15, 0.2) is 0 Å². The molecule has 4 nitrogen and oxygen atoms in total. The van der Waals surface area contributed by atoms with Crippen LogP contribution in [0.5, 0.6) is 0 Å². The summed E-state index contributed by atoms with van der Waals surface area (Å²) in [5.74, 6) is -0.511. The molecule has 15 heavy (non-hydrogen) atoms. The van der Waals surface area contributed by atoms with Crippen molar-refractivity contribution in [2.24, 2.45) is 5.92 Å². The number of carbonyl (C=O) groups is 2. The minimum atomic E-state index is -0.526. The zero-order valence-corrected chi connectivity index (χ0v) is 9.82. The van der Waals surface area contributed by atoms with E-state index in [1.165, 1.54) is 17.9 Å². The van der Waals surface area contributed by atoms with Crippen LogP contribution in [0.4, 0.5) is 0 Å². The van der Waals surface area contributed by atoms with Crippen LogP contribution in [0.2, 0.25) is 0 Å². The Morgan fingerprint density at radius 1 is 1.47 bits per heavy atom. The summed E-state index contributed by atoms with van der Waals surface area (Å²) in [5, 5.41) is 0. The quantitative estimate of drug-likeness (QED) is 0.509. The Labute approximate surface area is 90.9 Å². The molecule has 0 rings (SSSR count). The molecule has 0 aliphatic carbocycles. The lowest BCUT2D eigenvalue weighted by atomic mass is 10.0. The van der Waals surface area contributed by atoms with Crippen molar-refractivity contribution in [2.75, 3.05) is 13.7 Å². The van der Waals surface area contributed by atoms with Crippen LogP contribution in [0.25, 0.3) is 0 Å². The Morgan fingerprint density at radius 3 is 2.33 bits per heavy atom. The van der Waals surface area contributed by atoms with Gasteiger partial charge in [-0.25, -0.2) is 4.79 Å². The molecule has 0 heterocycles. The number of carbonyl (C=O) groups excluding carboxylic acids is 2. The van der Waals surface area contributed by atoms with E-state index in [1.807, 2.05) is 13.8 Å². The topological polar surface area (TPSA) is 46.6 Å². The van der Waals surface area contributed by atoms with Crippen LogP contribution < -0.4 is 0 Å². The van der Waals surface area contributed by atoms with Crippen LogP contribution in [0.1, 0.15) is 20.8 Å². The SMILES string of the molecule is C=CCOC(=O)C(C(C)C)N(C)C(C)=O. The highest BCUT2D eigenvalue weighted by Gasteiger charge is 2.29. The maximum absolute atomic E-state index is 11.6. The Morgan fingerprint density at radius 2 is 2.00 bits per heavy atom. The third-order valence-electron chi connectivity index (χ3n) is 2.13. The lowest BCUT2D eigenvalue weighted by Gasteiger charge is -2.28. The first kappa shape index (κ1) is 13.7. The molecule has 4 heteroatoms. The minimum Gasteiger partial charge on any atom is -0.460 e. The van der Waals surface area contributed by atoms with Crippen LogP contribution in [-0.4, -0.2) is 36.5 Å². The predicted octanol–water partition coefficient (Wildman–Crippen LogP) is 1.22. The first-order valence-electron chi connectivity index (χ1n) is 4.92. The molecule has 0 N–H and O–H groups in total. The number of amides is 1.